The second-order valence-corrected chi connectivity index (χ2v) is 11.4. The lowest BCUT2D eigenvalue weighted by Gasteiger charge is -2.39. The van der Waals surface area contributed by atoms with Gasteiger partial charge in [0.25, 0.3) is 0 Å². The van der Waals surface area contributed by atoms with Crippen molar-refractivity contribution in [2.75, 3.05) is 26.0 Å². The van der Waals surface area contributed by atoms with E-state index in [1.54, 1.807) is 23.1 Å². The zero-order valence-corrected chi connectivity index (χ0v) is 19.8. The molecular formula is C23H29F3N2O5S. The summed E-state index contributed by atoms with van der Waals surface area (Å²) in [5.41, 5.74) is 1.76. The molecule has 4 rings (SSSR count). The monoisotopic (exact) mass is 502 g/mol. The molecule has 2 amide bonds. The van der Waals surface area contributed by atoms with E-state index in [2.05, 4.69) is 0 Å². The van der Waals surface area contributed by atoms with Crippen LogP contribution in [0.3, 0.4) is 0 Å². The fourth-order valence-electron chi connectivity index (χ4n) is 5.38. The summed E-state index contributed by atoms with van der Waals surface area (Å²) in [6.45, 7) is 1.36. The van der Waals surface area contributed by atoms with Gasteiger partial charge >= 0.3 is 12.1 Å². The van der Waals surface area contributed by atoms with Crippen LogP contribution in [0.5, 0.6) is 0 Å². The fraction of sp³-hybridized carbons (Fsp3) is 0.652. The SMILES string of the molecule is CS(=O)(=O)c1ccc2c(c1)CN(C(=O)[C@H]1CCC(N(C(=O)C(F)(F)F)C3CCOCC3)C1)CC2. The fourth-order valence-corrected chi connectivity index (χ4v) is 6.06. The number of alkyl halides is 3. The molecule has 2 heterocycles. The van der Waals surface area contributed by atoms with Crippen molar-refractivity contribution in [2.24, 2.45) is 5.92 Å². The Labute approximate surface area is 197 Å². The minimum Gasteiger partial charge on any atom is -0.381 e. The standard InChI is InChI=1S/C23H29F3N2O5S/c1-34(31,32)20-5-3-15-6-9-27(14-17(15)13-20)21(29)16-2-4-19(12-16)28(22(30)23(24,25)26)18-7-10-33-11-8-18/h3,5,13,16,18-19H,2,4,6-12,14H2,1H3/t16-,19?/m0/s1. The van der Waals surface area contributed by atoms with Gasteiger partial charge in [0, 0.05) is 50.6 Å². The molecule has 2 fully saturated rings. The molecule has 0 N–H and O–H groups in total. The Morgan fingerprint density at radius 3 is 2.41 bits per heavy atom. The average Bonchev–Trinajstić information content (AvgIpc) is 3.27. The smallest absolute Gasteiger partial charge is 0.381 e. The predicted molar refractivity (Wildman–Crippen MR) is 117 cm³/mol. The molecule has 1 aromatic carbocycles. The number of sulfone groups is 1. The largest absolute Gasteiger partial charge is 0.471 e. The van der Waals surface area contributed by atoms with Gasteiger partial charge in [-0.1, -0.05) is 6.07 Å². The molecule has 34 heavy (non-hydrogen) atoms. The van der Waals surface area contributed by atoms with E-state index in [-0.39, 0.29) is 23.8 Å². The quantitative estimate of drug-likeness (QED) is 0.632. The number of fused-ring (bicyclic) bond motifs is 1. The number of amides is 2. The molecule has 3 aliphatic rings. The summed E-state index contributed by atoms with van der Waals surface area (Å²) < 4.78 is 69.2. The third-order valence-corrected chi connectivity index (χ3v) is 8.25. The zero-order valence-electron chi connectivity index (χ0n) is 19.0. The van der Waals surface area contributed by atoms with E-state index in [0.29, 0.717) is 51.9 Å². The second kappa shape index (κ2) is 9.49. The van der Waals surface area contributed by atoms with Crippen molar-refractivity contribution in [3.8, 4) is 0 Å². The van der Waals surface area contributed by atoms with Crippen molar-refractivity contribution in [1.82, 2.24) is 9.80 Å². The highest BCUT2D eigenvalue weighted by Gasteiger charge is 2.49. The summed E-state index contributed by atoms with van der Waals surface area (Å²) in [6.07, 6.45) is -1.59. The summed E-state index contributed by atoms with van der Waals surface area (Å²) in [5, 5.41) is 0. The van der Waals surface area contributed by atoms with Crippen LogP contribution < -0.4 is 0 Å². The Bertz CT molecular complexity index is 1050. The van der Waals surface area contributed by atoms with Crippen molar-refractivity contribution < 1.29 is 35.9 Å². The second-order valence-electron chi connectivity index (χ2n) is 9.43. The van der Waals surface area contributed by atoms with Crippen LogP contribution in [0.15, 0.2) is 23.1 Å². The third-order valence-electron chi connectivity index (χ3n) is 7.14. The average molecular weight is 503 g/mol. The summed E-state index contributed by atoms with van der Waals surface area (Å²) in [6, 6.07) is 3.75. The first kappa shape index (κ1) is 25.0. The highest BCUT2D eigenvalue weighted by molar-refractivity contribution is 7.90. The van der Waals surface area contributed by atoms with Gasteiger partial charge < -0.3 is 14.5 Å². The molecule has 2 atom stereocenters. The summed E-state index contributed by atoms with van der Waals surface area (Å²) >= 11 is 0. The molecule has 7 nitrogen and oxygen atoms in total. The molecule has 11 heteroatoms. The lowest BCUT2D eigenvalue weighted by molar-refractivity contribution is -0.192. The molecular weight excluding hydrogens is 473 g/mol. The van der Waals surface area contributed by atoms with E-state index in [4.69, 9.17) is 4.74 Å². The molecule has 1 aromatic rings. The van der Waals surface area contributed by atoms with Crippen LogP contribution in [-0.4, -0.2) is 74.3 Å². The Hall–Kier alpha value is -2.14. The molecule has 0 radical (unpaired) electrons. The third kappa shape index (κ3) is 5.25. The highest BCUT2D eigenvalue weighted by atomic mass is 32.2. The Balaban J connectivity index is 1.47. The van der Waals surface area contributed by atoms with Gasteiger partial charge in [-0.15, -0.1) is 0 Å². The topological polar surface area (TPSA) is 84.0 Å². The lowest BCUT2D eigenvalue weighted by atomic mass is 9.97. The molecule has 1 saturated carbocycles. The molecule has 1 saturated heterocycles. The maximum atomic E-state index is 13.4. The number of hydrogen-bond acceptors (Lipinski definition) is 5. The van der Waals surface area contributed by atoms with Gasteiger partial charge in [0.2, 0.25) is 5.91 Å². The maximum Gasteiger partial charge on any atom is 0.471 e. The van der Waals surface area contributed by atoms with Crippen LogP contribution in [0, 0.1) is 5.92 Å². The lowest BCUT2D eigenvalue weighted by Crippen LogP contribution is -2.53. The first-order valence-corrected chi connectivity index (χ1v) is 13.4. The van der Waals surface area contributed by atoms with E-state index in [1.165, 1.54) is 0 Å². The van der Waals surface area contributed by atoms with Crippen molar-refractivity contribution in [3.05, 3.63) is 29.3 Å². The zero-order chi connectivity index (χ0) is 24.7. The van der Waals surface area contributed by atoms with E-state index in [1.807, 2.05) is 0 Å². The van der Waals surface area contributed by atoms with Crippen LogP contribution in [0.1, 0.15) is 43.2 Å². The molecule has 2 aliphatic heterocycles. The van der Waals surface area contributed by atoms with Crippen molar-refractivity contribution in [2.45, 2.75) is 68.2 Å². The van der Waals surface area contributed by atoms with Crippen LogP contribution in [0.4, 0.5) is 13.2 Å². The Kier molecular flexibility index (Phi) is 6.97. The van der Waals surface area contributed by atoms with Gasteiger partial charge in [-0.2, -0.15) is 13.2 Å². The van der Waals surface area contributed by atoms with Gasteiger partial charge in [-0.3, -0.25) is 9.59 Å². The molecule has 0 bridgehead atoms. The summed E-state index contributed by atoms with van der Waals surface area (Å²) in [7, 11) is -3.38. The Morgan fingerprint density at radius 1 is 1.06 bits per heavy atom. The maximum absolute atomic E-state index is 13.4. The number of ether oxygens (including phenoxy) is 1. The molecule has 0 spiro atoms. The summed E-state index contributed by atoms with van der Waals surface area (Å²) in [5.74, 6) is -2.45. The minimum absolute atomic E-state index is 0.149. The molecule has 1 unspecified atom stereocenters. The number of rotatable bonds is 4. The molecule has 0 aromatic heterocycles. The number of nitrogens with zero attached hydrogens (tertiary/aromatic N) is 2. The first-order valence-electron chi connectivity index (χ1n) is 11.5. The number of hydrogen-bond donors (Lipinski definition) is 0. The van der Waals surface area contributed by atoms with Gasteiger partial charge in [-0.25, -0.2) is 8.42 Å². The van der Waals surface area contributed by atoms with Gasteiger partial charge in [0.1, 0.15) is 0 Å². The first-order chi connectivity index (χ1) is 15.9. The Morgan fingerprint density at radius 2 is 1.76 bits per heavy atom. The van der Waals surface area contributed by atoms with Crippen LogP contribution in [0.25, 0.3) is 0 Å². The molecule has 188 valence electrons. The van der Waals surface area contributed by atoms with Gasteiger partial charge in [-0.05, 0) is 61.8 Å². The predicted octanol–water partition coefficient (Wildman–Crippen LogP) is 2.71. The van der Waals surface area contributed by atoms with E-state index < -0.39 is 39.9 Å². The number of carbonyl (C=O) groups excluding carboxylic acids is 2. The number of carbonyl (C=O) groups is 2. The molecule has 1 aliphatic carbocycles. The number of benzene rings is 1. The van der Waals surface area contributed by atoms with Crippen molar-refractivity contribution in [1.29, 1.82) is 0 Å². The highest BCUT2D eigenvalue weighted by Crippen LogP contribution is 2.37. The van der Waals surface area contributed by atoms with E-state index in [9.17, 15) is 31.2 Å². The summed E-state index contributed by atoms with van der Waals surface area (Å²) in [4.78, 5) is 28.4. The minimum atomic E-state index is -4.96. The van der Waals surface area contributed by atoms with E-state index in [0.717, 1.165) is 22.3 Å². The normalized spacial score (nSPS) is 24.1. The van der Waals surface area contributed by atoms with Crippen LogP contribution >= 0.6 is 0 Å². The van der Waals surface area contributed by atoms with Crippen molar-refractivity contribution in [3.63, 3.8) is 0 Å². The van der Waals surface area contributed by atoms with E-state index >= 15 is 0 Å². The van der Waals surface area contributed by atoms with Gasteiger partial charge in [0.05, 0.1) is 4.90 Å². The number of halogens is 3. The van der Waals surface area contributed by atoms with Crippen molar-refractivity contribution >= 4 is 21.7 Å². The van der Waals surface area contributed by atoms with Crippen LogP contribution in [-0.2, 0) is 37.1 Å². The van der Waals surface area contributed by atoms with Gasteiger partial charge in [0.15, 0.2) is 9.84 Å². The van der Waals surface area contributed by atoms with Crippen LogP contribution in [0.2, 0.25) is 0 Å².